The molecule has 0 radical (unpaired) electrons. The Labute approximate surface area is 291 Å². The summed E-state index contributed by atoms with van der Waals surface area (Å²) in [5, 5.41) is 11.4. The van der Waals surface area contributed by atoms with Crippen LogP contribution >= 0.6 is 0 Å². The van der Waals surface area contributed by atoms with Crippen LogP contribution in [-0.2, 0) is 42.1 Å². The molecule has 0 aliphatic rings. The number of carbonyl (C=O) groups excluding carboxylic acids is 2. The predicted molar refractivity (Wildman–Crippen MR) is 188 cm³/mol. The summed E-state index contributed by atoms with van der Waals surface area (Å²) >= 11 is 0. The Kier molecular flexibility index (Phi) is 12.5. The highest BCUT2D eigenvalue weighted by Crippen LogP contribution is 2.22. The van der Waals surface area contributed by atoms with Crippen LogP contribution in [0.1, 0.15) is 49.1 Å². The number of nitro benzene ring substituents is 1. The lowest BCUT2D eigenvalue weighted by atomic mass is 10.0. The number of carbonyl (C=O) groups is 2. The van der Waals surface area contributed by atoms with E-state index in [2.05, 4.69) is 44.0 Å². The number of hydrogen-bond donors (Lipinski definition) is 0. The molecule has 0 spiro atoms. The second-order valence-corrected chi connectivity index (χ2v) is 11.8. The van der Waals surface area contributed by atoms with Crippen molar-refractivity contribution in [1.82, 2.24) is 19.8 Å². The van der Waals surface area contributed by atoms with Gasteiger partial charge in [0.15, 0.2) is 0 Å². The van der Waals surface area contributed by atoms with E-state index in [1.807, 2.05) is 48.5 Å². The summed E-state index contributed by atoms with van der Waals surface area (Å²) in [5.41, 5.74) is 5.01. The number of hydrogen-bond acceptors (Lipinski definition) is 10. The number of non-ortho nitro benzene ring substituents is 1. The van der Waals surface area contributed by atoms with Gasteiger partial charge in [0, 0.05) is 50.9 Å². The van der Waals surface area contributed by atoms with Crippen molar-refractivity contribution in [1.29, 1.82) is 0 Å². The molecule has 11 heteroatoms. The van der Waals surface area contributed by atoms with Crippen LogP contribution in [0.15, 0.2) is 121 Å². The van der Waals surface area contributed by atoms with E-state index in [0.717, 1.165) is 16.7 Å². The highest BCUT2D eigenvalue weighted by molar-refractivity contribution is 5.87. The monoisotopic (exact) mass is 673 g/mol. The van der Waals surface area contributed by atoms with Gasteiger partial charge < -0.3 is 9.47 Å². The molecule has 0 bridgehead atoms. The first-order valence-electron chi connectivity index (χ1n) is 16.2. The largest absolute Gasteiger partial charge is 0.464 e. The minimum atomic E-state index is -0.514. The molecule has 5 aromatic rings. The third kappa shape index (κ3) is 10.1. The summed E-state index contributed by atoms with van der Waals surface area (Å²) in [7, 11) is 2.66. The lowest BCUT2D eigenvalue weighted by molar-refractivity contribution is -0.384. The Hall–Kier alpha value is -5.78. The average Bonchev–Trinajstić information content (AvgIpc) is 3.15. The highest BCUT2D eigenvalue weighted by atomic mass is 16.6. The van der Waals surface area contributed by atoms with E-state index in [-0.39, 0.29) is 23.1 Å². The number of methoxy groups -OCH3 is 2. The lowest BCUT2D eigenvalue weighted by Gasteiger charge is -2.36. The maximum Gasteiger partial charge on any atom is 0.356 e. The number of nitrogens with zero attached hydrogens (tertiary/aromatic N) is 5. The van der Waals surface area contributed by atoms with E-state index in [4.69, 9.17) is 9.47 Å². The molecule has 0 aliphatic carbocycles. The van der Waals surface area contributed by atoms with Crippen molar-refractivity contribution in [2.24, 2.45) is 0 Å². The van der Waals surface area contributed by atoms with Gasteiger partial charge in [-0.1, -0.05) is 84.9 Å². The van der Waals surface area contributed by atoms with Crippen LogP contribution in [0, 0.1) is 10.1 Å². The number of aromatic nitrogens is 2. The zero-order valence-corrected chi connectivity index (χ0v) is 28.1. The standard InChI is InChI=1S/C39H39N5O6/c1-49-38(45)36-17-9-15-32(40-36)26-42(24-30-11-5-3-6-12-30)28-35(23-29-19-21-34(22-20-29)44(47)48)43(25-31-13-7-4-8-14-31)27-33-16-10-18-37(41-33)39(46)50-2/h3-22,35H,23-28H2,1-2H3. The Morgan fingerprint density at radius 1 is 0.640 bits per heavy atom. The van der Waals surface area contributed by atoms with Crippen LogP contribution in [0.5, 0.6) is 0 Å². The highest BCUT2D eigenvalue weighted by Gasteiger charge is 2.25. The number of rotatable bonds is 16. The molecule has 0 amide bonds. The summed E-state index contributed by atoms with van der Waals surface area (Å²) in [4.78, 5) is 49.6. The van der Waals surface area contributed by atoms with Gasteiger partial charge in [-0.2, -0.15) is 0 Å². The molecule has 1 atom stereocenters. The van der Waals surface area contributed by atoms with Crippen molar-refractivity contribution >= 4 is 17.6 Å². The van der Waals surface area contributed by atoms with Gasteiger partial charge in [0.05, 0.1) is 30.5 Å². The third-order valence-electron chi connectivity index (χ3n) is 8.23. The van der Waals surface area contributed by atoms with Gasteiger partial charge >= 0.3 is 11.9 Å². The Balaban J connectivity index is 1.55. The first-order valence-corrected chi connectivity index (χ1v) is 16.2. The predicted octanol–water partition coefficient (Wildman–Crippen LogP) is 6.27. The molecule has 0 saturated carbocycles. The van der Waals surface area contributed by atoms with Crippen LogP contribution in [0.3, 0.4) is 0 Å². The number of pyridine rings is 2. The number of esters is 2. The molecule has 1 unspecified atom stereocenters. The van der Waals surface area contributed by atoms with Crippen molar-refractivity contribution in [3.8, 4) is 0 Å². The van der Waals surface area contributed by atoms with Gasteiger partial charge in [-0.25, -0.2) is 19.6 Å². The molecule has 11 nitrogen and oxygen atoms in total. The zero-order chi connectivity index (χ0) is 35.3. The van der Waals surface area contributed by atoms with E-state index >= 15 is 0 Å². The second-order valence-electron chi connectivity index (χ2n) is 11.8. The van der Waals surface area contributed by atoms with Crippen LogP contribution in [0.2, 0.25) is 0 Å². The zero-order valence-electron chi connectivity index (χ0n) is 28.1. The van der Waals surface area contributed by atoms with Crippen LogP contribution in [-0.4, -0.2) is 63.4 Å². The topological polar surface area (TPSA) is 128 Å². The molecule has 0 fully saturated rings. The summed E-state index contributed by atoms with van der Waals surface area (Å²) in [6.45, 7) is 2.56. The Bertz CT molecular complexity index is 1870. The lowest BCUT2D eigenvalue weighted by Crippen LogP contribution is -2.44. The van der Waals surface area contributed by atoms with Gasteiger partial charge in [-0.15, -0.1) is 0 Å². The van der Waals surface area contributed by atoms with E-state index in [1.54, 1.807) is 36.4 Å². The SMILES string of the molecule is COC(=O)c1cccc(CN(Cc2ccccc2)CC(Cc2ccc([N+](=O)[O-])cc2)N(Cc2ccccc2)Cc2cccc(C(=O)OC)n2)n1. The van der Waals surface area contributed by atoms with Crippen molar-refractivity contribution < 1.29 is 24.0 Å². The first kappa shape index (κ1) is 35.5. The van der Waals surface area contributed by atoms with Gasteiger partial charge in [-0.05, 0) is 47.4 Å². The molecule has 2 heterocycles. The Morgan fingerprint density at radius 2 is 1.16 bits per heavy atom. The molecular formula is C39H39N5O6. The van der Waals surface area contributed by atoms with E-state index in [0.29, 0.717) is 50.5 Å². The molecule has 50 heavy (non-hydrogen) atoms. The minimum absolute atomic E-state index is 0.0255. The fraction of sp³-hybridized carbons (Fsp3) is 0.231. The molecule has 0 N–H and O–H groups in total. The van der Waals surface area contributed by atoms with Crippen molar-refractivity contribution in [2.45, 2.75) is 38.6 Å². The van der Waals surface area contributed by atoms with Gasteiger partial charge in [0.25, 0.3) is 5.69 Å². The smallest absolute Gasteiger partial charge is 0.356 e. The summed E-state index contributed by atoms with van der Waals surface area (Å²) in [5.74, 6) is -1.02. The van der Waals surface area contributed by atoms with E-state index in [9.17, 15) is 19.7 Å². The van der Waals surface area contributed by atoms with Crippen LogP contribution in [0.4, 0.5) is 5.69 Å². The van der Waals surface area contributed by atoms with Crippen LogP contribution in [0.25, 0.3) is 0 Å². The molecule has 0 saturated heterocycles. The third-order valence-corrected chi connectivity index (χ3v) is 8.23. The van der Waals surface area contributed by atoms with E-state index in [1.165, 1.54) is 26.4 Å². The molecule has 3 aromatic carbocycles. The average molecular weight is 674 g/mol. The fourth-order valence-corrected chi connectivity index (χ4v) is 5.80. The summed E-state index contributed by atoms with van der Waals surface area (Å²) < 4.78 is 9.86. The Morgan fingerprint density at radius 3 is 1.68 bits per heavy atom. The fourth-order valence-electron chi connectivity index (χ4n) is 5.80. The number of nitro groups is 1. The number of ether oxygens (including phenoxy) is 2. The van der Waals surface area contributed by atoms with Crippen molar-refractivity contribution in [3.05, 3.63) is 171 Å². The normalized spacial score (nSPS) is 11.7. The maximum atomic E-state index is 12.4. The summed E-state index contributed by atoms with van der Waals surface area (Å²) in [6, 6.07) is 37.3. The van der Waals surface area contributed by atoms with Gasteiger partial charge in [0.2, 0.25) is 0 Å². The van der Waals surface area contributed by atoms with E-state index < -0.39 is 16.9 Å². The summed E-state index contributed by atoms with van der Waals surface area (Å²) in [6.07, 6.45) is 0.558. The molecule has 5 rings (SSSR count). The maximum absolute atomic E-state index is 12.4. The second kappa shape index (κ2) is 17.6. The molecule has 256 valence electrons. The van der Waals surface area contributed by atoms with Gasteiger partial charge in [0.1, 0.15) is 11.4 Å². The minimum Gasteiger partial charge on any atom is -0.464 e. The van der Waals surface area contributed by atoms with Gasteiger partial charge in [-0.3, -0.25) is 19.9 Å². The number of benzene rings is 3. The first-order chi connectivity index (χ1) is 24.3. The molecule has 0 aliphatic heterocycles. The van der Waals surface area contributed by atoms with Crippen LogP contribution < -0.4 is 0 Å². The quantitative estimate of drug-likeness (QED) is 0.0671. The van der Waals surface area contributed by atoms with Crippen molar-refractivity contribution in [3.63, 3.8) is 0 Å². The van der Waals surface area contributed by atoms with Crippen molar-refractivity contribution in [2.75, 3.05) is 20.8 Å². The molecular weight excluding hydrogens is 634 g/mol. The molecule has 2 aromatic heterocycles.